The third-order valence-electron chi connectivity index (χ3n) is 4.61. The van der Waals surface area contributed by atoms with E-state index in [2.05, 4.69) is 9.62 Å². The fourth-order valence-corrected chi connectivity index (χ4v) is 4.40. The van der Waals surface area contributed by atoms with E-state index < -0.39 is 16.1 Å². The van der Waals surface area contributed by atoms with E-state index in [9.17, 15) is 17.6 Å². The molecule has 1 aliphatic heterocycles. The van der Waals surface area contributed by atoms with Crippen LogP contribution in [0.2, 0.25) is 5.02 Å². The number of hydrogen-bond donors (Lipinski definition) is 1. The summed E-state index contributed by atoms with van der Waals surface area (Å²) < 4.78 is 40.4. The standard InChI is InChI=1S/C19H21ClFN3O3S/c1-14(22-28(26,27)18-8-2-15(20)3-9-18)19(25)24-12-10-23(11-13-24)17-6-4-16(21)5-7-17/h2-9,14,22H,10-13H2,1H3/t14-/m0/s1. The van der Waals surface area contributed by atoms with E-state index in [4.69, 9.17) is 11.6 Å². The second kappa shape index (κ2) is 8.46. The summed E-state index contributed by atoms with van der Waals surface area (Å²) in [4.78, 5) is 16.4. The molecule has 9 heteroatoms. The molecular weight excluding hydrogens is 405 g/mol. The van der Waals surface area contributed by atoms with Crippen LogP contribution in [0.1, 0.15) is 6.92 Å². The number of nitrogens with zero attached hydrogens (tertiary/aromatic N) is 2. The summed E-state index contributed by atoms with van der Waals surface area (Å²) in [6, 6.07) is 11.1. The van der Waals surface area contributed by atoms with Crippen LogP contribution in [0.15, 0.2) is 53.4 Å². The van der Waals surface area contributed by atoms with Crippen LogP contribution in [-0.4, -0.2) is 51.4 Å². The van der Waals surface area contributed by atoms with Crippen molar-refractivity contribution in [2.75, 3.05) is 31.1 Å². The van der Waals surface area contributed by atoms with Gasteiger partial charge in [0.15, 0.2) is 0 Å². The first-order chi connectivity index (χ1) is 13.3. The van der Waals surface area contributed by atoms with Crippen LogP contribution < -0.4 is 9.62 Å². The number of sulfonamides is 1. The van der Waals surface area contributed by atoms with Crippen molar-refractivity contribution in [3.63, 3.8) is 0 Å². The van der Waals surface area contributed by atoms with E-state index in [-0.39, 0.29) is 16.6 Å². The summed E-state index contributed by atoms with van der Waals surface area (Å²) in [6.07, 6.45) is 0. The molecule has 2 aromatic carbocycles. The molecule has 0 aromatic heterocycles. The first-order valence-corrected chi connectivity index (χ1v) is 10.7. The molecule has 28 heavy (non-hydrogen) atoms. The molecular formula is C19H21ClFN3O3S. The number of rotatable bonds is 5. The van der Waals surface area contributed by atoms with Gasteiger partial charge in [-0.1, -0.05) is 11.6 Å². The molecule has 150 valence electrons. The largest absolute Gasteiger partial charge is 0.368 e. The molecule has 3 rings (SSSR count). The minimum atomic E-state index is -3.82. The van der Waals surface area contributed by atoms with Gasteiger partial charge in [0.25, 0.3) is 0 Å². The van der Waals surface area contributed by atoms with E-state index in [1.807, 2.05) is 0 Å². The van der Waals surface area contributed by atoms with E-state index in [0.29, 0.717) is 31.2 Å². The van der Waals surface area contributed by atoms with Crippen molar-refractivity contribution in [3.8, 4) is 0 Å². The number of halogens is 2. The molecule has 1 saturated heterocycles. The maximum atomic E-state index is 13.1. The Morgan fingerprint density at radius 1 is 1.04 bits per heavy atom. The van der Waals surface area contributed by atoms with Crippen LogP contribution >= 0.6 is 11.6 Å². The third-order valence-corrected chi connectivity index (χ3v) is 6.42. The molecule has 2 aromatic rings. The zero-order valence-corrected chi connectivity index (χ0v) is 16.9. The predicted octanol–water partition coefficient (Wildman–Crippen LogP) is 2.49. The highest BCUT2D eigenvalue weighted by molar-refractivity contribution is 7.89. The normalized spacial score (nSPS) is 16.1. The van der Waals surface area contributed by atoms with Gasteiger partial charge in [0, 0.05) is 36.9 Å². The van der Waals surface area contributed by atoms with Crippen LogP contribution in [0.4, 0.5) is 10.1 Å². The number of anilines is 1. The number of amides is 1. The minimum Gasteiger partial charge on any atom is -0.368 e. The number of hydrogen-bond acceptors (Lipinski definition) is 4. The van der Waals surface area contributed by atoms with Gasteiger partial charge in [0.2, 0.25) is 15.9 Å². The highest BCUT2D eigenvalue weighted by atomic mass is 35.5. The minimum absolute atomic E-state index is 0.0534. The van der Waals surface area contributed by atoms with Crippen molar-refractivity contribution in [2.45, 2.75) is 17.9 Å². The second-order valence-corrected chi connectivity index (χ2v) is 8.74. The summed E-state index contributed by atoms with van der Waals surface area (Å²) in [7, 11) is -3.82. The van der Waals surface area contributed by atoms with Crippen molar-refractivity contribution in [1.29, 1.82) is 0 Å². The fourth-order valence-electron chi connectivity index (χ4n) is 3.08. The average Bonchev–Trinajstić information content (AvgIpc) is 2.68. The van der Waals surface area contributed by atoms with Gasteiger partial charge in [-0.2, -0.15) is 4.72 Å². The zero-order valence-electron chi connectivity index (χ0n) is 15.3. The molecule has 0 radical (unpaired) electrons. The number of carbonyl (C=O) groups excluding carboxylic acids is 1. The molecule has 1 N–H and O–H groups in total. The van der Waals surface area contributed by atoms with Gasteiger partial charge in [-0.05, 0) is 55.5 Å². The van der Waals surface area contributed by atoms with Crippen molar-refractivity contribution >= 4 is 33.2 Å². The van der Waals surface area contributed by atoms with Crippen LogP contribution in [0.3, 0.4) is 0 Å². The lowest BCUT2D eigenvalue weighted by molar-refractivity contribution is -0.132. The first-order valence-electron chi connectivity index (χ1n) is 8.83. The number of nitrogens with one attached hydrogen (secondary N) is 1. The Hall–Kier alpha value is -2.16. The van der Waals surface area contributed by atoms with Crippen molar-refractivity contribution in [1.82, 2.24) is 9.62 Å². The lowest BCUT2D eigenvalue weighted by Gasteiger charge is -2.37. The number of piperazine rings is 1. The van der Waals surface area contributed by atoms with Gasteiger partial charge >= 0.3 is 0 Å². The van der Waals surface area contributed by atoms with E-state index in [1.165, 1.54) is 43.3 Å². The Bertz CT molecular complexity index is 928. The highest BCUT2D eigenvalue weighted by Gasteiger charge is 2.28. The number of benzene rings is 2. The molecule has 0 aliphatic carbocycles. The lowest BCUT2D eigenvalue weighted by Crippen LogP contribution is -2.54. The lowest BCUT2D eigenvalue weighted by atomic mass is 10.2. The van der Waals surface area contributed by atoms with Crippen LogP contribution in [0, 0.1) is 5.82 Å². The van der Waals surface area contributed by atoms with E-state index in [0.717, 1.165) is 5.69 Å². The first kappa shape index (κ1) is 20.6. The van der Waals surface area contributed by atoms with E-state index in [1.54, 1.807) is 17.0 Å². The Balaban J connectivity index is 1.58. The predicted molar refractivity (Wildman–Crippen MR) is 106 cm³/mol. The van der Waals surface area contributed by atoms with Crippen molar-refractivity contribution in [2.24, 2.45) is 0 Å². The van der Waals surface area contributed by atoms with Crippen LogP contribution in [0.5, 0.6) is 0 Å². The molecule has 1 fully saturated rings. The monoisotopic (exact) mass is 425 g/mol. The molecule has 6 nitrogen and oxygen atoms in total. The van der Waals surface area contributed by atoms with Gasteiger partial charge in [-0.3, -0.25) is 4.79 Å². The summed E-state index contributed by atoms with van der Waals surface area (Å²) in [5, 5.41) is 0.433. The summed E-state index contributed by atoms with van der Waals surface area (Å²) in [5.41, 5.74) is 0.894. The third kappa shape index (κ3) is 4.81. The topological polar surface area (TPSA) is 69.7 Å². The maximum absolute atomic E-state index is 13.1. The number of carbonyl (C=O) groups is 1. The van der Waals surface area contributed by atoms with Crippen LogP contribution in [-0.2, 0) is 14.8 Å². The van der Waals surface area contributed by atoms with Gasteiger partial charge in [-0.15, -0.1) is 0 Å². The summed E-state index contributed by atoms with van der Waals surface area (Å²) >= 11 is 5.78. The summed E-state index contributed by atoms with van der Waals surface area (Å²) in [5.74, 6) is -0.573. The molecule has 1 heterocycles. The highest BCUT2D eigenvalue weighted by Crippen LogP contribution is 2.18. The fraction of sp³-hybridized carbons (Fsp3) is 0.316. The van der Waals surface area contributed by atoms with Gasteiger partial charge in [-0.25, -0.2) is 12.8 Å². The zero-order chi connectivity index (χ0) is 20.3. The molecule has 0 bridgehead atoms. The molecule has 1 aliphatic rings. The van der Waals surface area contributed by atoms with Gasteiger partial charge < -0.3 is 9.80 Å². The molecule has 0 spiro atoms. The summed E-state index contributed by atoms with van der Waals surface area (Å²) in [6.45, 7) is 3.64. The smallest absolute Gasteiger partial charge is 0.241 e. The Labute approximate surface area is 168 Å². The molecule has 0 unspecified atom stereocenters. The van der Waals surface area contributed by atoms with Gasteiger partial charge in [0.1, 0.15) is 5.82 Å². The van der Waals surface area contributed by atoms with Crippen molar-refractivity contribution < 1.29 is 17.6 Å². The average molecular weight is 426 g/mol. The Kier molecular flexibility index (Phi) is 6.22. The molecule has 1 amide bonds. The van der Waals surface area contributed by atoms with Gasteiger partial charge in [0.05, 0.1) is 10.9 Å². The molecule has 1 atom stereocenters. The quantitative estimate of drug-likeness (QED) is 0.799. The van der Waals surface area contributed by atoms with Crippen LogP contribution in [0.25, 0.3) is 0 Å². The SMILES string of the molecule is C[C@H](NS(=O)(=O)c1ccc(Cl)cc1)C(=O)N1CCN(c2ccc(F)cc2)CC1. The molecule has 0 saturated carbocycles. The maximum Gasteiger partial charge on any atom is 0.241 e. The Morgan fingerprint density at radius 2 is 1.61 bits per heavy atom. The second-order valence-electron chi connectivity index (χ2n) is 6.59. The van der Waals surface area contributed by atoms with E-state index >= 15 is 0 Å². The van der Waals surface area contributed by atoms with Crippen molar-refractivity contribution in [3.05, 3.63) is 59.4 Å². The Morgan fingerprint density at radius 3 is 2.18 bits per heavy atom.